The van der Waals surface area contributed by atoms with E-state index in [1.54, 1.807) is 19.1 Å². The maximum atomic E-state index is 12.0. The molecule has 0 bridgehead atoms. The summed E-state index contributed by atoms with van der Waals surface area (Å²) in [5, 5.41) is 19.4. The number of rotatable bonds is 6. The van der Waals surface area contributed by atoms with Crippen molar-refractivity contribution in [2.75, 3.05) is 13.2 Å². The van der Waals surface area contributed by atoms with Crippen LogP contribution in [0.15, 0.2) is 30.0 Å². The Labute approximate surface area is 159 Å². The van der Waals surface area contributed by atoms with Gasteiger partial charge in [-0.15, -0.1) is 5.73 Å². The van der Waals surface area contributed by atoms with Crippen LogP contribution in [0.3, 0.4) is 0 Å². The van der Waals surface area contributed by atoms with Crippen LogP contribution in [-0.4, -0.2) is 25.2 Å². The number of hydrogen-bond acceptors (Lipinski definition) is 6. The van der Waals surface area contributed by atoms with Gasteiger partial charge in [-0.05, 0) is 31.4 Å². The van der Waals surface area contributed by atoms with Crippen LogP contribution in [0.1, 0.15) is 33.1 Å². The lowest BCUT2D eigenvalue weighted by Gasteiger charge is -2.32. The zero-order valence-electron chi connectivity index (χ0n) is 15.6. The van der Waals surface area contributed by atoms with Crippen molar-refractivity contribution in [3.8, 4) is 24.0 Å². The molecular weight excluding hydrogens is 344 g/mol. The highest BCUT2D eigenvalue weighted by molar-refractivity contribution is 5.73. The average Bonchev–Trinajstić information content (AvgIpc) is 2.65. The van der Waals surface area contributed by atoms with Crippen molar-refractivity contribution in [2.24, 2.45) is 17.3 Å². The summed E-state index contributed by atoms with van der Waals surface area (Å²) in [6.45, 7) is 6.79. The van der Waals surface area contributed by atoms with E-state index in [0.29, 0.717) is 25.0 Å². The van der Waals surface area contributed by atoms with Gasteiger partial charge in [0.25, 0.3) is 0 Å². The predicted molar refractivity (Wildman–Crippen MR) is 97.3 cm³/mol. The molecule has 6 heteroatoms. The molecular formula is C21H22N2O4. The summed E-state index contributed by atoms with van der Waals surface area (Å²) in [5.41, 5.74) is 1.82. The Morgan fingerprint density at radius 1 is 1.33 bits per heavy atom. The fourth-order valence-electron chi connectivity index (χ4n) is 2.91. The summed E-state index contributed by atoms with van der Waals surface area (Å²) in [5.74, 6) is 3.96. The van der Waals surface area contributed by atoms with E-state index in [9.17, 15) is 20.1 Å². The predicted octanol–water partition coefficient (Wildman–Crippen LogP) is 2.83. The molecule has 6 nitrogen and oxygen atoms in total. The number of carbonyl (C=O) groups excluding carboxylic acids is 2. The quantitative estimate of drug-likeness (QED) is 0.310. The second kappa shape index (κ2) is 10.7. The van der Waals surface area contributed by atoms with E-state index >= 15 is 0 Å². The smallest absolute Gasteiger partial charge is 0.309 e. The van der Waals surface area contributed by atoms with Crippen molar-refractivity contribution in [3.63, 3.8) is 0 Å². The number of hydrogen-bond donors (Lipinski definition) is 0. The van der Waals surface area contributed by atoms with Gasteiger partial charge in [0, 0.05) is 19.3 Å². The topological polar surface area (TPSA) is 100 Å². The van der Waals surface area contributed by atoms with E-state index < -0.39 is 11.4 Å². The molecule has 0 aromatic heterocycles. The Morgan fingerprint density at radius 3 is 2.59 bits per heavy atom. The molecule has 0 aromatic carbocycles. The van der Waals surface area contributed by atoms with E-state index in [0.717, 1.165) is 0 Å². The fraction of sp³-hybridized carbons (Fsp3) is 0.476. The first-order chi connectivity index (χ1) is 12.9. The number of esters is 2. The van der Waals surface area contributed by atoms with Crippen molar-refractivity contribution in [1.29, 1.82) is 10.5 Å². The molecule has 0 aliphatic heterocycles. The van der Waals surface area contributed by atoms with Crippen LogP contribution in [0.2, 0.25) is 0 Å². The number of allylic oxidation sites excluding steroid dienone is 3. The number of nitriles is 2. The van der Waals surface area contributed by atoms with E-state index in [-0.39, 0.29) is 30.8 Å². The van der Waals surface area contributed by atoms with Crippen LogP contribution in [0.25, 0.3) is 0 Å². The molecule has 2 atom stereocenters. The SMILES string of the molecule is C=C=CC1CC(C(=O)OCC)CC=C1C(C#N)(C#N)CC#CCOC(C)=O. The van der Waals surface area contributed by atoms with Gasteiger partial charge in [0.1, 0.15) is 0 Å². The highest BCUT2D eigenvalue weighted by Crippen LogP contribution is 2.42. The van der Waals surface area contributed by atoms with Crippen molar-refractivity contribution >= 4 is 11.9 Å². The normalized spacial score (nSPS) is 18.3. The van der Waals surface area contributed by atoms with Crippen LogP contribution >= 0.6 is 0 Å². The van der Waals surface area contributed by atoms with Crippen LogP contribution in [0.5, 0.6) is 0 Å². The molecule has 0 amide bonds. The molecule has 0 N–H and O–H groups in total. The van der Waals surface area contributed by atoms with E-state index in [1.165, 1.54) is 6.92 Å². The van der Waals surface area contributed by atoms with Crippen LogP contribution in [0.4, 0.5) is 0 Å². The minimum Gasteiger partial charge on any atom is -0.466 e. The summed E-state index contributed by atoms with van der Waals surface area (Å²) < 4.78 is 9.80. The molecule has 0 saturated heterocycles. The van der Waals surface area contributed by atoms with Crippen LogP contribution < -0.4 is 0 Å². The van der Waals surface area contributed by atoms with Crippen molar-refractivity contribution in [3.05, 3.63) is 30.0 Å². The van der Waals surface area contributed by atoms with Gasteiger partial charge in [0.05, 0.1) is 24.7 Å². The van der Waals surface area contributed by atoms with E-state index in [2.05, 4.69) is 36.3 Å². The van der Waals surface area contributed by atoms with Gasteiger partial charge in [0.15, 0.2) is 12.0 Å². The molecule has 2 unspecified atom stereocenters. The zero-order valence-corrected chi connectivity index (χ0v) is 15.6. The summed E-state index contributed by atoms with van der Waals surface area (Å²) in [4.78, 5) is 22.8. The van der Waals surface area contributed by atoms with Gasteiger partial charge >= 0.3 is 11.9 Å². The van der Waals surface area contributed by atoms with Gasteiger partial charge in [-0.3, -0.25) is 9.59 Å². The van der Waals surface area contributed by atoms with Crippen LogP contribution in [0, 0.1) is 51.8 Å². The zero-order chi connectivity index (χ0) is 20.3. The Hall–Kier alpha value is -3.26. The van der Waals surface area contributed by atoms with Gasteiger partial charge in [-0.25, -0.2) is 0 Å². The highest BCUT2D eigenvalue weighted by Gasteiger charge is 2.41. The number of ether oxygens (including phenoxy) is 2. The monoisotopic (exact) mass is 366 g/mol. The second-order valence-corrected chi connectivity index (χ2v) is 6.00. The maximum Gasteiger partial charge on any atom is 0.309 e. The largest absolute Gasteiger partial charge is 0.466 e. The van der Waals surface area contributed by atoms with E-state index in [4.69, 9.17) is 9.47 Å². The summed E-state index contributed by atoms with van der Waals surface area (Å²) >= 11 is 0. The maximum absolute atomic E-state index is 12.0. The first-order valence-corrected chi connectivity index (χ1v) is 8.58. The summed E-state index contributed by atoms with van der Waals surface area (Å²) in [7, 11) is 0. The molecule has 0 fully saturated rings. The van der Waals surface area contributed by atoms with Gasteiger partial charge in [-0.2, -0.15) is 10.5 Å². The lowest BCUT2D eigenvalue weighted by atomic mass is 9.68. The Kier molecular flexibility index (Phi) is 8.61. The first-order valence-electron chi connectivity index (χ1n) is 8.58. The molecule has 0 saturated carbocycles. The second-order valence-electron chi connectivity index (χ2n) is 6.00. The summed E-state index contributed by atoms with van der Waals surface area (Å²) in [6.07, 6.45) is 4.19. The molecule has 0 aromatic rings. The third-order valence-corrected chi connectivity index (χ3v) is 4.20. The molecule has 1 aliphatic carbocycles. The third-order valence-electron chi connectivity index (χ3n) is 4.20. The molecule has 27 heavy (non-hydrogen) atoms. The van der Waals surface area contributed by atoms with Crippen molar-refractivity contribution in [2.45, 2.75) is 33.1 Å². The molecule has 1 aliphatic rings. The summed E-state index contributed by atoms with van der Waals surface area (Å²) in [6, 6.07) is 4.14. The van der Waals surface area contributed by atoms with Crippen LogP contribution in [-0.2, 0) is 19.1 Å². The van der Waals surface area contributed by atoms with Crippen molar-refractivity contribution in [1.82, 2.24) is 0 Å². The fourth-order valence-corrected chi connectivity index (χ4v) is 2.91. The molecule has 0 spiro atoms. The first kappa shape index (κ1) is 21.8. The number of nitrogens with zero attached hydrogens (tertiary/aromatic N) is 2. The standard InChI is InChI=1S/C21H22N2O4/c1-4-8-17-13-18(20(25)26-5-2)9-10-19(17)21(14-22,15-23)11-6-7-12-27-16(3)24/h8,10,17-18H,1,5,9,11-13H2,2-3H3. The Balaban J connectivity index is 3.11. The van der Waals surface area contributed by atoms with Gasteiger partial charge in [-0.1, -0.05) is 24.5 Å². The Morgan fingerprint density at radius 2 is 2.04 bits per heavy atom. The van der Waals surface area contributed by atoms with Gasteiger partial charge < -0.3 is 9.47 Å². The molecule has 0 heterocycles. The Bertz CT molecular complexity index is 781. The lowest BCUT2D eigenvalue weighted by Crippen LogP contribution is -2.31. The van der Waals surface area contributed by atoms with Crippen molar-refractivity contribution < 1.29 is 19.1 Å². The minimum absolute atomic E-state index is 0.0291. The molecule has 0 radical (unpaired) electrons. The molecule has 140 valence electrons. The molecule has 1 rings (SSSR count). The lowest BCUT2D eigenvalue weighted by molar-refractivity contribution is -0.148. The van der Waals surface area contributed by atoms with E-state index in [1.807, 2.05) is 0 Å². The number of carbonyl (C=O) groups is 2. The average molecular weight is 366 g/mol. The third kappa shape index (κ3) is 5.89. The minimum atomic E-state index is -1.46. The van der Waals surface area contributed by atoms with Gasteiger partial charge in [0.2, 0.25) is 0 Å². The highest BCUT2D eigenvalue weighted by atomic mass is 16.5.